The van der Waals surface area contributed by atoms with E-state index < -0.39 is 0 Å². The van der Waals surface area contributed by atoms with Gasteiger partial charge in [0.15, 0.2) is 0 Å². The Morgan fingerprint density at radius 3 is 1.30 bits per heavy atom. The summed E-state index contributed by atoms with van der Waals surface area (Å²) in [5.74, 6) is -0.448. The van der Waals surface area contributed by atoms with Gasteiger partial charge in [0.2, 0.25) is 0 Å². The van der Waals surface area contributed by atoms with Crippen molar-refractivity contribution in [3.05, 3.63) is 71.3 Å². The van der Waals surface area contributed by atoms with Crippen LogP contribution in [0.25, 0.3) is 20.9 Å². The van der Waals surface area contributed by atoms with Gasteiger partial charge in [-0.15, -0.1) is 11.3 Å². The summed E-state index contributed by atoms with van der Waals surface area (Å²) in [5, 5.41) is 0. The highest BCUT2D eigenvalue weighted by atomic mass is 32.1. The summed E-state index contributed by atoms with van der Waals surface area (Å²) in [4.78, 5) is 2.37. The highest BCUT2D eigenvalue weighted by Crippen LogP contribution is 2.42. The van der Waals surface area contributed by atoms with Crippen LogP contribution in [0, 0.1) is 11.6 Å². The molecule has 3 aromatic rings. The Labute approximate surface area is 139 Å². The van der Waals surface area contributed by atoms with Gasteiger partial charge in [-0.05, 0) is 59.4 Å². The average molecular weight is 328 g/mol. The molecular weight excluding hydrogens is 310 g/mol. The van der Waals surface area contributed by atoms with Gasteiger partial charge in [-0.25, -0.2) is 8.78 Å². The monoisotopic (exact) mass is 328 g/mol. The molecule has 0 N–H and O–H groups in total. The van der Waals surface area contributed by atoms with Crippen LogP contribution >= 0.6 is 11.3 Å². The fraction of sp³-hybridized carbons (Fsp3) is 0.200. The van der Waals surface area contributed by atoms with Crippen LogP contribution in [0.1, 0.15) is 25.0 Å². The van der Waals surface area contributed by atoms with E-state index in [1.807, 2.05) is 24.3 Å². The quantitative estimate of drug-likeness (QED) is 0.514. The van der Waals surface area contributed by atoms with Gasteiger partial charge in [0.25, 0.3) is 0 Å². The third kappa shape index (κ3) is 3.06. The van der Waals surface area contributed by atoms with Crippen LogP contribution < -0.4 is 0 Å². The normalized spacial score (nSPS) is 11.0. The van der Waals surface area contributed by atoms with Crippen LogP contribution in [0.5, 0.6) is 0 Å². The van der Waals surface area contributed by atoms with Gasteiger partial charge in [-0.1, -0.05) is 38.1 Å². The molecular formula is C20H18F2S. The zero-order valence-electron chi connectivity index (χ0n) is 13.2. The fourth-order valence-corrected chi connectivity index (χ4v) is 4.41. The van der Waals surface area contributed by atoms with Crippen molar-refractivity contribution >= 4 is 11.3 Å². The maximum absolute atomic E-state index is 13.2. The van der Waals surface area contributed by atoms with Crippen LogP contribution in [0.3, 0.4) is 0 Å². The van der Waals surface area contributed by atoms with Gasteiger partial charge in [0, 0.05) is 9.75 Å². The van der Waals surface area contributed by atoms with Crippen molar-refractivity contribution in [3.63, 3.8) is 0 Å². The van der Waals surface area contributed by atoms with Gasteiger partial charge < -0.3 is 0 Å². The molecule has 118 valence electrons. The minimum atomic E-state index is -0.224. The second-order valence-corrected chi connectivity index (χ2v) is 6.46. The Morgan fingerprint density at radius 2 is 1.00 bits per heavy atom. The maximum atomic E-state index is 13.2. The molecule has 0 atom stereocenters. The summed E-state index contributed by atoms with van der Waals surface area (Å²) in [6.07, 6.45) is 1.85. The zero-order valence-corrected chi connectivity index (χ0v) is 14.0. The standard InChI is InChI=1S/C20H18F2S/c1-3-17-18(4-2)20(14-7-11-16(22)12-8-14)23-19(17)13-5-9-15(21)10-6-13/h5-12H,3-4H2,1-2H3. The molecule has 0 radical (unpaired) electrons. The minimum Gasteiger partial charge on any atom is -0.207 e. The van der Waals surface area contributed by atoms with Crippen molar-refractivity contribution in [3.8, 4) is 20.9 Å². The predicted molar refractivity (Wildman–Crippen MR) is 93.9 cm³/mol. The number of rotatable bonds is 4. The van der Waals surface area contributed by atoms with Gasteiger partial charge in [-0.2, -0.15) is 0 Å². The number of hydrogen-bond acceptors (Lipinski definition) is 1. The average Bonchev–Trinajstić information content (AvgIpc) is 2.94. The molecule has 0 aliphatic heterocycles. The molecule has 0 fully saturated rings. The van der Waals surface area contributed by atoms with Gasteiger partial charge in [0.1, 0.15) is 11.6 Å². The second kappa shape index (κ2) is 6.63. The molecule has 0 aliphatic carbocycles. The van der Waals surface area contributed by atoms with Crippen LogP contribution in [0.15, 0.2) is 48.5 Å². The molecule has 3 heteroatoms. The van der Waals surface area contributed by atoms with Crippen molar-refractivity contribution in [2.24, 2.45) is 0 Å². The van der Waals surface area contributed by atoms with Gasteiger partial charge in [-0.3, -0.25) is 0 Å². The van der Waals surface area contributed by atoms with Crippen LogP contribution in [0.4, 0.5) is 8.78 Å². The predicted octanol–water partition coefficient (Wildman–Crippen LogP) is 6.49. The SMILES string of the molecule is CCc1c(-c2ccc(F)cc2)sc(-c2ccc(F)cc2)c1CC. The summed E-state index contributed by atoms with van der Waals surface area (Å²) < 4.78 is 26.4. The molecule has 0 saturated carbocycles. The molecule has 0 nitrogen and oxygen atoms in total. The Balaban J connectivity index is 2.18. The van der Waals surface area contributed by atoms with E-state index in [0.717, 1.165) is 24.0 Å². The van der Waals surface area contributed by atoms with Crippen molar-refractivity contribution in [2.45, 2.75) is 26.7 Å². The van der Waals surface area contributed by atoms with Gasteiger partial charge >= 0.3 is 0 Å². The first-order chi connectivity index (χ1) is 11.1. The summed E-state index contributed by atoms with van der Waals surface area (Å²) in [5.41, 5.74) is 4.69. The molecule has 0 amide bonds. The van der Waals surface area contributed by atoms with Crippen LogP contribution in [0.2, 0.25) is 0 Å². The maximum Gasteiger partial charge on any atom is 0.123 e. The summed E-state index contributed by atoms with van der Waals surface area (Å²) in [6.45, 7) is 4.28. The topological polar surface area (TPSA) is 0 Å². The first kappa shape index (κ1) is 15.9. The Bertz CT molecular complexity index is 731. The lowest BCUT2D eigenvalue weighted by Gasteiger charge is -2.05. The molecule has 0 aliphatic rings. The zero-order chi connectivity index (χ0) is 16.4. The van der Waals surface area contributed by atoms with Crippen molar-refractivity contribution in [2.75, 3.05) is 0 Å². The molecule has 1 heterocycles. The highest BCUT2D eigenvalue weighted by molar-refractivity contribution is 7.19. The largest absolute Gasteiger partial charge is 0.207 e. The molecule has 1 aromatic heterocycles. The lowest BCUT2D eigenvalue weighted by atomic mass is 9.98. The lowest BCUT2D eigenvalue weighted by Crippen LogP contribution is -1.90. The van der Waals surface area contributed by atoms with Gasteiger partial charge in [0.05, 0.1) is 0 Å². The molecule has 0 unspecified atom stereocenters. The Morgan fingerprint density at radius 1 is 0.652 bits per heavy atom. The van der Waals surface area contributed by atoms with Crippen molar-refractivity contribution in [1.82, 2.24) is 0 Å². The van der Waals surface area contributed by atoms with E-state index in [2.05, 4.69) is 13.8 Å². The van der Waals surface area contributed by atoms with Crippen LogP contribution in [-0.4, -0.2) is 0 Å². The molecule has 2 aromatic carbocycles. The van der Waals surface area contributed by atoms with Crippen molar-refractivity contribution < 1.29 is 8.78 Å². The molecule has 0 saturated heterocycles. The highest BCUT2D eigenvalue weighted by Gasteiger charge is 2.18. The van der Waals surface area contributed by atoms with Crippen molar-refractivity contribution in [1.29, 1.82) is 0 Å². The second-order valence-electron chi connectivity index (χ2n) is 5.44. The molecule has 23 heavy (non-hydrogen) atoms. The number of thiophene rings is 1. The fourth-order valence-electron chi connectivity index (χ4n) is 2.92. The smallest absolute Gasteiger partial charge is 0.123 e. The van der Waals surface area contributed by atoms with Crippen LogP contribution in [-0.2, 0) is 12.8 Å². The molecule has 3 rings (SSSR count). The Hall–Kier alpha value is -2.00. The number of benzene rings is 2. The van der Waals surface area contributed by atoms with E-state index >= 15 is 0 Å². The summed E-state index contributed by atoms with van der Waals surface area (Å²) in [7, 11) is 0. The van der Waals surface area contributed by atoms with E-state index in [9.17, 15) is 8.78 Å². The Kier molecular flexibility index (Phi) is 4.58. The van der Waals surface area contributed by atoms with E-state index in [1.165, 1.54) is 45.1 Å². The lowest BCUT2D eigenvalue weighted by molar-refractivity contribution is 0.627. The molecule has 0 bridgehead atoms. The van der Waals surface area contributed by atoms with E-state index in [4.69, 9.17) is 0 Å². The van der Waals surface area contributed by atoms with E-state index in [-0.39, 0.29) is 11.6 Å². The number of hydrogen-bond donors (Lipinski definition) is 0. The van der Waals surface area contributed by atoms with E-state index in [1.54, 1.807) is 11.3 Å². The van der Waals surface area contributed by atoms with E-state index in [0.29, 0.717) is 0 Å². The third-order valence-corrected chi connectivity index (χ3v) is 5.41. The third-order valence-electron chi connectivity index (χ3n) is 4.04. The minimum absolute atomic E-state index is 0.224. The number of halogens is 2. The first-order valence-corrected chi connectivity index (χ1v) is 8.62. The summed E-state index contributed by atoms with van der Waals surface area (Å²) in [6, 6.07) is 13.3. The summed E-state index contributed by atoms with van der Waals surface area (Å²) >= 11 is 1.71. The first-order valence-electron chi connectivity index (χ1n) is 7.80. The molecule has 0 spiro atoms.